The molecule has 96 valence electrons. The van der Waals surface area contributed by atoms with Gasteiger partial charge >= 0.3 is 0 Å². The number of phenolic OH excluding ortho intramolecular Hbond substituents is 1. The maximum Gasteiger partial charge on any atom is 0.123 e. The van der Waals surface area contributed by atoms with Crippen LogP contribution in [0.3, 0.4) is 0 Å². The number of hydrogen-bond donors (Lipinski definition) is 2. The molecule has 0 fully saturated rings. The van der Waals surface area contributed by atoms with Gasteiger partial charge in [-0.15, -0.1) is 0 Å². The van der Waals surface area contributed by atoms with E-state index in [1.807, 2.05) is 17.7 Å². The average Bonchev–Trinajstić information content (AvgIpc) is 2.83. The predicted molar refractivity (Wildman–Crippen MR) is 66.6 cm³/mol. The van der Waals surface area contributed by atoms with Crippen molar-refractivity contribution < 1.29 is 9.50 Å². The summed E-state index contributed by atoms with van der Waals surface area (Å²) in [5.74, 6) is -0.231. The van der Waals surface area contributed by atoms with Crippen molar-refractivity contribution in [3.63, 3.8) is 0 Å². The van der Waals surface area contributed by atoms with Gasteiger partial charge in [0.1, 0.15) is 11.6 Å². The maximum absolute atomic E-state index is 13.0. The van der Waals surface area contributed by atoms with E-state index in [0.717, 1.165) is 6.54 Å². The van der Waals surface area contributed by atoms with Crippen molar-refractivity contribution >= 4 is 0 Å². The van der Waals surface area contributed by atoms with Crippen molar-refractivity contribution in [3.8, 4) is 5.75 Å². The molecule has 1 atom stereocenters. The molecule has 0 saturated heterocycles. The molecule has 5 heteroatoms. The first-order valence-corrected chi connectivity index (χ1v) is 5.81. The Kier molecular flexibility index (Phi) is 3.94. The zero-order valence-electron chi connectivity index (χ0n) is 10.2. The molecular weight excluding hydrogens is 233 g/mol. The fraction of sp³-hybridized carbons (Fsp3) is 0.308. The Morgan fingerprint density at radius 2 is 2.33 bits per heavy atom. The SMILES string of the molecule is CC(Cn1ccnc1)NCc1cc(F)ccc1O. The van der Waals surface area contributed by atoms with Crippen LogP contribution in [0.5, 0.6) is 5.75 Å². The minimum absolute atomic E-state index is 0.110. The summed E-state index contributed by atoms with van der Waals surface area (Å²) in [6.45, 7) is 3.23. The third kappa shape index (κ3) is 3.30. The molecule has 1 aromatic heterocycles. The topological polar surface area (TPSA) is 50.1 Å². The Bertz CT molecular complexity index is 499. The normalized spacial score (nSPS) is 12.6. The molecule has 0 aliphatic carbocycles. The van der Waals surface area contributed by atoms with E-state index in [1.54, 1.807) is 12.5 Å². The number of hydrogen-bond acceptors (Lipinski definition) is 3. The van der Waals surface area contributed by atoms with Crippen molar-refractivity contribution in [1.82, 2.24) is 14.9 Å². The third-order valence-corrected chi connectivity index (χ3v) is 2.73. The molecule has 2 aromatic rings. The fourth-order valence-electron chi connectivity index (χ4n) is 1.76. The van der Waals surface area contributed by atoms with Crippen LogP contribution in [0, 0.1) is 5.82 Å². The highest BCUT2D eigenvalue weighted by atomic mass is 19.1. The molecule has 1 aromatic carbocycles. The highest BCUT2D eigenvalue weighted by molar-refractivity contribution is 5.32. The van der Waals surface area contributed by atoms with Gasteiger partial charge in [-0.05, 0) is 25.1 Å². The second-order valence-corrected chi connectivity index (χ2v) is 4.31. The summed E-state index contributed by atoms with van der Waals surface area (Å²) in [6.07, 6.45) is 5.36. The van der Waals surface area contributed by atoms with E-state index in [0.29, 0.717) is 12.1 Å². The lowest BCUT2D eigenvalue weighted by molar-refractivity contribution is 0.443. The van der Waals surface area contributed by atoms with E-state index in [-0.39, 0.29) is 17.6 Å². The van der Waals surface area contributed by atoms with Gasteiger partial charge in [0.25, 0.3) is 0 Å². The minimum Gasteiger partial charge on any atom is -0.508 e. The second kappa shape index (κ2) is 5.64. The van der Waals surface area contributed by atoms with E-state index in [2.05, 4.69) is 10.3 Å². The van der Waals surface area contributed by atoms with Crippen molar-refractivity contribution in [2.24, 2.45) is 0 Å². The predicted octanol–water partition coefficient (Wildman–Crippen LogP) is 1.91. The van der Waals surface area contributed by atoms with Gasteiger partial charge in [-0.1, -0.05) is 0 Å². The van der Waals surface area contributed by atoms with Crippen LogP contribution in [0.25, 0.3) is 0 Å². The lowest BCUT2D eigenvalue weighted by Crippen LogP contribution is -2.29. The van der Waals surface area contributed by atoms with E-state index in [4.69, 9.17) is 0 Å². The molecule has 0 radical (unpaired) electrons. The number of nitrogens with one attached hydrogen (secondary N) is 1. The van der Waals surface area contributed by atoms with Crippen LogP contribution in [0.1, 0.15) is 12.5 Å². The Balaban J connectivity index is 1.89. The molecule has 0 aliphatic rings. The molecule has 2 N–H and O–H groups in total. The second-order valence-electron chi connectivity index (χ2n) is 4.31. The van der Waals surface area contributed by atoms with Crippen LogP contribution < -0.4 is 5.32 Å². The van der Waals surface area contributed by atoms with Crippen LogP contribution in [-0.2, 0) is 13.1 Å². The van der Waals surface area contributed by atoms with Gasteiger partial charge in [0, 0.05) is 37.1 Å². The molecule has 0 spiro atoms. The molecular formula is C13H16FN3O. The number of aromatic hydroxyl groups is 1. The molecule has 0 aliphatic heterocycles. The minimum atomic E-state index is -0.341. The summed E-state index contributed by atoms with van der Waals surface area (Å²) in [7, 11) is 0. The molecule has 0 saturated carbocycles. The van der Waals surface area contributed by atoms with Gasteiger partial charge in [0.15, 0.2) is 0 Å². The summed E-state index contributed by atoms with van der Waals surface area (Å²) in [5, 5.41) is 12.8. The molecule has 2 rings (SSSR count). The number of halogens is 1. The summed E-state index contributed by atoms with van der Waals surface area (Å²) < 4.78 is 15.0. The van der Waals surface area contributed by atoms with Gasteiger partial charge in [-0.2, -0.15) is 0 Å². The Morgan fingerprint density at radius 3 is 3.06 bits per heavy atom. The van der Waals surface area contributed by atoms with E-state index >= 15 is 0 Å². The molecule has 18 heavy (non-hydrogen) atoms. The zero-order chi connectivity index (χ0) is 13.0. The summed E-state index contributed by atoms with van der Waals surface area (Å²) in [6, 6.07) is 4.15. The number of rotatable bonds is 5. The smallest absolute Gasteiger partial charge is 0.123 e. The van der Waals surface area contributed by atoms with Crippen molar-refractivity contribution in [3.05, 3.63) is 48.3 Å². The lowest BCUT2D eigenvalue weighted by Gasteiger charge is -2.15. The van der Waals surface area contributed by atoms with Crippen LogP contribution in [0.15, 0.2) is 36.9 Å². The van der Waals surface area contributed by atoms with Crippen molar-refractivity contribution in [1.29, 1.82) is 0 Å². The Labute approximate surface area is 105 Å². The number of imidazole rings is 1. The molecule has 0 amide bonds. The standard InChI is InChI=1S/C13H16FN3O/c1-10(8-17-5-4-15-9-17)16-7-11-6-12(14)2-3-13(11)18/h2-6,9-10,16,18H,7-8H2,1H3. The Hall–Kier alpha value is -1.88. The summed E-state index contributed by atoms with van der Waals surface area (Å²) in [4.78, 5) is 3.96. The molecule has 1 unspecified atom stereocenters. The van der Waals surface area contributed by atoms with Gasteiger partial charge in [0.05, 0.1) is 6.33 Å². The summed E-state index contributed by atoms with van der Waals surface area (Å²) >= 11 is 0. The van der Waals surface area contributed by atoms with Crippen LogP contribution in [-0.4, -0.2) is 20.7 Å². The Morgan fingerprint density at radius 1 is 1.50 bits per heavy atom. The molecule has 4 nitrogen and oxygen atoms in total. The largest absolute Gasteiger partial charge is 0.508 e. The first-order valence-electron chi connectivity index (χ1n) is 5.81. The number of nitrogens with zero attached hydrogens (tertiary/aromatic N) is 2. The van der Waals surface area contributed by atoms with E-state index < -0.39 is 0 Å². The van der Waals surface area contributed by atoms with Gasteiger partial charge in [-0.25, -0.2) is 9.37 Å². The van der Waals surface area contributed by atoms with Crippen LogP contribution in [0.2, 0.25) is 0 Å². The van der Waals surface area contributed by atoms with Crippen LogP contribution in [0.4, 0.5) is 4.39 Å². The van der Waals surface area contributed by atoms with E-state index in [9.17, 15) is 9.50 Å². The zero-order valence-corrected chi connectivity index (χ0v) is 10.2. The monoisotopic (exact) mass is 249 g/mol. The number of phenols is 1. The highest BCUT2D eigenvalue weighted by Gasteiger charge is 2.06. The molecule has 0 bridgehead atoms. The number of aromatic nitrogens is 2. The first kappa shape index (κ1) is 12.6. The average molecular weight is 249 g/mol. The maximum atomic E-state index is 13.0. The van der Waals surface area contributed by atoms with E-state index in [1.165, 1.54) is 18.2 Å². The third-order valence-electron chi connectivity index (χ3n) is 2.73. The highest BCUT2D eigenvalue weighted by Crippen LogP contribution is 2.17. The van der Waals surface area contributed by atoms with Gasteiger partial charge in [-0.3, -0.25) is 0 Å². The molecule has 1 heterocycles. The van der Waals surface area contributed by atoms with Crippen LogP contribution >= 0.6 is 0 Å². The summed E-state index contributed by atoms with van der Waals surface area (Å²) in [5.41, 5.74) is 0.562. The van der Waals surface area contributed by atoms with Gasteiger partial charge in [0.2, 0.25) is 0 Å². The number of benzene rings is 1. The quantitative estimate of drug-likeness (QED) is 0.851. The van der Waals surface area contributed by atoms with Crippen molar-refractivity contribution in [2.75, 3.05) is 0 Å². The van der Waals surface area contributed by atoms with Crippen molar-refractivity contribution in [2.45, 2.75) is 26.1 Å². The lowest BCUT2D eigenvalue weighted by atomic mass is 10.2. The first-order chi connectivity index (χ1) is 8.65. The fourth-order valence-corrected chi connectivity index (χ4v) is 1.76. The van der Waals surface area contributed by atoms with Gasteiger partial charge < -0.3 is 15.0 Å².